The molecule has 0 aliphatic rings. The molecule has 0 radical (unpaired) electrons. The zero-order valence-corrected chi connectivity index (χ0v) is 17.4. The predicted molar refractivity (Wildman–Crippen MR) is 114 cm³/mol. The molecule has 1 heterocycles. The van der Waals surface area contributed by atoms with E-state index in [4.69, 9.17) is 5.11 Å². The Kier molecular flexibility index (Phi) is 7.24. The molecule has 1 atom stereocenters. The van der Waals surface area contributed by atoms with Gasteiger partial charge in [-0.15, -0.1) is 0 Å². The van der Waals surface area contributed by atoms with E-state index in [1.165, 1.54) is 6.26 Å². The zero-order valence-electron chi connectivity index (χ0n) is 16.6. The van der Waals surface area contributed by atoms with Gasteiger partial charge < -0.3 is 15.7 Å². The second-order valence-corrected chi connectivity index (χ2v) is 8.08. The third kappa shape index (κ3) is 6.25. The third-order valence-corrected chi connectivity index (χ3v) is 5.31. The molecular formula is C21H21F3N4O2S. The molecule has 0 saturated carbocycles. The summed E-state index contributed by atoms with van der Waals surface area (Å²) >= 11 is 0. The number of aliphatic hydroxyl groups excluding tert-OH is 1. The molecule has 1 aromatic heterocycles. The van der Waals surface area contributed by atoms with Crippen LogP contribution in [0.3, 0.4) is 0 Å². The highest BCUT2D eigenvalue weighted by molar-refractivity contribution is 7.84. The normalized spacial score (nSPS) is 12.4. The lowest BCUT2D eigenvalue weighted by molar-refractivity contribution is -0.137. The Bertz CT molecular complexity index is 1060. The van der Waals surface area contributed by atoms with Crippen molar-refractivity contribution in [1.82, 2.24) is 9.97 Å². The number of nitrogens with one attached hydrogen (secondary N) is 2. The van der Waals surface area contributed by atoms with Gasteiger partial charge >= 0.3 is 6.18 Å². The van der Waals surface area contributed by atoms with Crippen molar-refractivity contribution in [3.63, 3.8) is 0 Å². The van der Waals surface area contributed by atoms with Crippen LogP contribution in [0.25, 0.3) is 0 Å². The van der Waals surface area contributed by atoms with Crippen molar-refractivity contribution in [1.29, 1.82) is 0 Å². The predicted octanol–water partition coefficient (Wildman–Crippen LogP) is 4.12. The van der Waals surface area contributed by atoms with Gasteiger partial charge in [0.15, 0.2) is 0 Å². The average Bonchev–Trinajstić information content (AvgIpc) is 2.73. The smallest absolute Gasteiger partial charge is 0.396 e. The van der Waals surface area contributed by atoms with Crippen LogP contribution in [0, 0.1) is 0 Å². The van der Waals surface area contributed by atoms with Gasteiger partial charge in [0.05, 0.1) is 0 Å². The Hall–Kier alpha value is -2.98. The summed E-state index contributed by atoms with van der Waals surface area (Å²) in [4.78, 5) is 8.39. The molecule has 3 rings (SSSR count). The number of aromatic nitrogens is 2. The zero-order chi connectivity index (χ0) is 22.4. The van der Waals surface area contributed by atoms with Gasteiger partial charge in [-0.2, -0.15) is 18.2 Å². The van der Waals surface area contributed by atoms with Gasteiger partial charge in [-0.3, -0.25) is 4.21 Å². The van der Waals surface area contributed by atoms with E-state index in [2.05, 4.69) is 20.6 Å². The Morgan fingerprint density at radius 1 is 1.10 bits per heavy atom. The van der Waals surface area contributed by atoms with Crippen LogP contribution in [0.1, 0.15) is 16.7 Å². The summed E-state index contributed by atoms with van der Waals surface area (Å²) in [6.45, 7) is 0.0985. The van der Waals surface area contributed by atoms with E-state index >= 15 is 0 Å². The molecule has 0 aliphatic carbocycles. The summed E-state index contributed by atoms with van der Waals surface area (Å²) in [6, 6.07) is 13.9. The van der Waals surface area contributed by atoms with E-state index in [0.29, 0.717) is 22.6 Å². The Morgan fingerprint density at radius 2 is 1.84 bits per heavy atom. The minimum Gasteiger partial charge on any atom is -0.396 e. The summed E-state index contributed by atoms with van der Waals surface area (Å²) in [7, 11) is -1.19. The Labute approximate surface area is 180 Å². The van der Waals surface area contributed by atoms with Gasteiger partial charge in [0.25, 0.3) is 0 Å². The third-order valence-electron chi connectivity index (χ3n) is 4.40. The fourth-order valence-electron chi connectivity index (χ4n) is 2.82. The van der Waals surface area contributed by atoms with Crippen LogP contribution >= 0.6 is 0 Å². The molecule has 0 saturated heterocycles. The highest BCUT2D eigenvalue weighted by Gasteiger charge is 2.35. The van der Waals surface area contributed by atoms with E-state index in [1.807, 2.05) is 0 Å². The lowest BCUT2D eigenvalue weighted by Crippen LogP contribution is -2.14. The topological polar surface area (TPSA) is 87.1 Å². The van der Waals surface area contributed by atoms with E-state index < -0.39 is 22.5 Å². The van der Waals surface area contributed by atoms with Gasteiger partial charge in [0.1, 0.15) is 11.4 Å². The molecular weight excluding hydrogens is 429 g/mol. The minimum absolute atomic E-state index is 0.00817. The summed E-state index contributed by atoms with van der Waals surface area (Å²) in [5, 5.41) is 14.6. The molecule has 10 heteroatoms. The van der Waals surface area contributed by atoms with Crippen molar-refractivity contribution >= 4 is 28.3 Å². The largest absolute Gasteiger partial charge is 0.421 e. The Morgan fingerprint density at radius 3 is 2.48 bits per heavy atom. The standard InChI is InChI=1S/C21H21F3N4O2S/c1-31(30)17-4-2-3-15(11-17)12-25-19-18(21(22,23)24)13-26-20(28-19)27-16-7-5-14(6-8-16)9-10-29/h2-8,11,13,29H,9-10,12H2,1H3,(H2,25,26,27,28). The van der Waals surface area contributed by atoms with E-state index in [-0.39, 0.29) is 24.9 Å². The fraction of sp³-hybridized carbons (Fsp3) is 0.238. The molecule has 0 aliphatic heterocycles. The van der Waals surface area contributed by atoms with Crippen LogP contribution < -0.4 is 10.6 Å². The average molecular weight is 450 g/mol. The molecule has 3 N–H and O–H groups in total. The van der Waals surface area contributed by atoms with Gasteiger partial charge in [-0.25, -0.2) is 4.98 Å². The van der Waals surface area contributed by atoms with Crippen LogP contribution in [-0.4, -0.2) is 32.1 Å². The molecule has 1 unspecified atom stereocenters. The number of alkyl halides is 3. The lowest BCUT2D eigenvalue weighted by atomic mass is 10.1. The second kappa shape index (κ2) is 9.88. The molecule has 0 amide bonds. The van der Waals surface area contributed by atoms with Gasteiger partial charge in [0.2, 0.25) is 5.95 Å². The molecule has 0 spiro atoms. The van der Waals surface area contributed by atoms with E-state index in [1.54, 1.807) is 48.5 Å². The van der Waals surface area contributed by atoms with Gasteiger partial charge in [0, 0.05) is 47.0 Å². The van der Waals surface area contributed by atoms with Crippen molar-refractivity contribution in [2.75, 3.05) is 23.5 Å². The number of anilines is 3. The SMILES string of the molecule is CS(=O)c1cccc(CNc2nc(Nc3ccc(CCO)cc3)ncc2C(F)(F)F)c1. The number of hydrogen-bond acceptors (Lipinski definition) is 6. The van der Waals surface area contributed by atoms with Crippen LogP contribution in [0.2, 0.25) is 0 Å². The molecule has 0 bridgehead atoms. The number of nitrogens with zero attached hydrogens (tertiary/aromatic N) is 2. The van der Waals surface area contributed by atoms with Crippen LogP contribution in [0.4, 0.5) is 30.6 Å². The maximum absolute atomic E-state index is 13.4. The highest BCUT2D eigenvalue weighted by Crippen LogP contribution is 2.34. The maximum Gasteiger partial charge on any atom is 0.421 e. The second-order valence-electron chi connectivity index (χ2n) is 6.70. The number of rotatable bonds is 8. The molecule has 31 heavy (non-hydrogen) atoms. The molecule has 6 nitrogen and oxygen atoms in total. The van der Waals surface area contributed by atoms with Crippen LogP contribution in [-0.2, 0) is 29.9 Å². The molecule has 3 aromatic rings. The molecule has 2 aromatic carbocycles. The fourth-order valence-corrected chi connectivity index (χ4v) is 3.40. The number of halogens is 3. The maximum atomic E-state index is 13.4. The summed E-state index contributed by atoms with van der Waals surface area (Å²) in [5.74, 6) is -0.348. The van der Waals surface area contributed by atoms with Crippen molar-refractivity contribution < 1.29 is 22.5 Å². The molecule has 0 fully saturated rings. The first-order valence-electron chi connectivity index (χ1n) is 9.33. The minimum atomic E-state index is -4.63. The van der Waals surface area contributed by atoms with Crippen molar-refractivity contribution in [2.45, 2.75) is 24.0 Å². The first-order valence-corrected chi connectivity index (χ1v) is 10.9. The number of hydrogen-bond donors (Lipinski definition) is 3. The first kappa shape index (κ1) is 22.7. The van der Waals surface area contributed by atoms with Crippen LogP contribution in [0.5, 0.6) is 0 Å². The van der Waals surface area contributed by atoms with Crippen molar-refractivity contribution in [2.24, 2.45) is 0 Å². The number of benzene rings is 2. The van der Waals surface area contributed by atoms with E-state index in [9.17, 15) is 17.4 Å². The van der Waals surface area contributed by atoms with Crippen molar-refractivity contribution in [3.05, 3.63) is 71.4 Å². The van der Waals surface area contributed by atoms with E-state index in [0.717, 1.165) is 11.8 Å². The van der Waals surface area contributed by atoms with Crippen molar-refractivity contribution in [3.8, 4) is 0 Å². The molecule has 164 valence electrons. The summed E-state index contributed by atoms with van der Waals surface area (Å²) in [5.41, 5.74) is 1.23. The van der Waals surface area contributed by atoms with Gasteiger partial charge in [-0.1, -0.05) is 24.3 Å². The van der Waals surface area contributed by atoms with Crippen LogP contribution in [0.15, 0.2) is 59.6 Å². The Balaban J connectivity index is 1.81. The summed E-state index contributed by atoms with van der Waals surface area (Å²) in [6.07, 6.45) is -1.85. The lowest BCUT2D eigenvalue weighted by Gasteiger charge is -2.15. The highest BCUT2D eigenvalue weighted by atomic mass is 32.2. The number of aliphatic hydroxyl groups is 1. The first-order chi connectivity index (χ1) is 14.8. The quantitative estimate of drug-likeness (QED) is 0.479. The van der Waals surface area contributed by atoms with Gasteiger partial charge in [-0.05, 0) is 41.8 Å². The summed E-state index contributed by atoms with van der Waals surface area (Å²) < 4.78 is 51.9. The monoisotopic (exact) mass is 450 g/mol.